The smallest absolute Gasteiger partial charge is 0.309 e. The molecule has 6 atom stereocenters. The van der Waals surface area contributed by atoms with Gasteiger partial charge in [-0.15, -0.1) is 0 Å². The van der Waals surface area contributed by atoms with E-state index in [0.29, 0.717) is 19.3 Å². The van der Waals surface area contributed by atoms with Gasteiger partial charge in [0.1, 0.15) is 0 Å². The van der Waals surface area contributed by atoms with Gasteiger partial charge in [0.2, 0.25) is 0 Å². The van der Waals surface area contributed by atoms with Crippen molar-refractivity contribution in [1.29, 1.82) is 5.26 Å². The van der Waals surface area contributed by atoms with Crippen LogP contribution >= 0.6 is 0 Å². The molecule has 0 amide bonds. The minimum atomic E-state index is -0.775. The Morgan fingerprint density at radius 2 is 2.08 bits per heavy atom. The minimum absolute atomic E-state index is 0.0325. The molecule has 2 fully saturated rings. The number of allylic oxidation sites excluding steroid dienone is 1. The maximum absolute atomic E-state index is 12.1. The van der Waals surface area contributed by atoms with E-state index in [1.165, 1.54) is 5.57 Å². The number of rotatable bonds is 2. The minimum Gasteiger partial charge on any atom is -0.481 e. The molecule has 0 unspecified atom stereocenters. The van der Waals surface area contributed by atoms with E-state index in [0.717, 1.165) is 25.7 Å². The van der Waals surface area contributed by atoms with Gasteiger partial charge in [0.25, 0.3) is 0 Å². The summed E-state index contributed by atoms with van der Waals surface area (Å²) in [5, 5.41) is 30.4. The van der Waals surface area contributed by atoms with Crippen LogP contribution in [0.3, 0.4) is 0 Å². The predicted octanol–water partition coefficient (Wildman–Crippen LogP) is 3.90. The Bertz CT molecular complexity index is 621. The van der Waals surface area contributed by atoms with Gasteiger partial charge in [-0.1, -0.05) is 25.0 Å². The molecule has 0 aromatic carbocycles. The molecule has 0 bridgehead atoms. The maximum atomic E-state index is 12.1. The van der Waals surface area contributed by atoms with E-state index in [1.54, 1.807) is 0 Å². The molecule has 0 heterocycles. The number of hydrogen-bond acceptors (Lipinski definition) is 3. The SMILES string of the molecule is CC1=C[C@@]2(CC#N)[C@@H](O)C[C@H]3[C@@](C)(CCC[C@@]3(C)C(=O)O)[C@@H]2CC1. The van der Waals surface area contributed by atoms with Crippen LogP contribution in [0.1, 0.15) is 65.7 Å². The fourth-order valence-corrected chi connectivity index (χ4v) is 6.53. The van der Waals surface area contributed by atoms with Crippen molar-refractivity contribution in [3.05, 3.63) is 11.6 Å². The Labute approximate surface area is 144 Å². The number of nitriles is 1. The highest BCUT2D eigenvalue weighted by Gasteiger charge is 2.65. The molecule has 0 aromatic heterocycles. The summed E-state index contributed by atoms with van der Waals surface area (Å²) >= 11 is 0. The van der Waals surface area contributed by atoms with Crippen molar-refractivity contribution in [2.75, 3.05) is 0 Å². The molecule has 0 spiro atoms. The van der Waals surface area contributed by atoms with Crippen LogP contribution < -0.4 is 0 Å². The van der Waals surface area contributed by atoms with E-state index in [2.05, 4.69) is 26.0 Å². The number of hydrogen-bond donors (Lipinski definition) is 2. The summed E-state index contributed by atoms with van der Waals surface area (Å²) in [4.78, 5) is 12.1. The zero-order valence-electron chi connectivity index (χ0n) is 15.0. The van der Waals surface area contributed by atoms with Crippen molar-refractivity contribution in [3.63, 3.8) is 0 Å². The first kappa shape index (κ1) is 17.5. The standard InChI is InChI=1S/C20H29NO3/c1-13-5-6-14-18(2)7-4-8-19(3,17(23)24)15(18)11-16(22)20(14,12-13)9-10-21/h12,14-16,22H,4-9,11H2,1-3H3,(H,23,24)/t14-,15-,16-,18-,19+,20+/m0/s1. The quantitative estimate of drug-likeness (QED) is 0.752. The lowest BCUT2D eigenvalue weighted by Crippen LogP contribution is -2.62. The predicted molar refractivity (Wildman–Crippen MR) is 91.0 cm³/mol. The third-order valence-electron chi connectivity index (χ3n) is 7.72. The molecule has 0 aromatic rings. The lowest BCUT2D eigenvalue weighted by atomic mass is 9.40. The molecule has 4 nitrogen and oxygen atoms in total. The number of aliphatic hydroxyl groups excluding tert-OH is 1. The van der Waals surface area contributed by atoms with Crippen molar-refractivity contribution in [2.24, 2.45) is 28.1 Å². The lowest BCUT2D eigenvalue weighted by molar-refractivity contribution is -0.194. The topological polar surface area (TPSA) is 81.3 Å². The number of carboxylic acid groups (broad SMARTS) is 1. The highest BCUT2D eigenvalue weighted by molar-refractivity contribution is 5.75. The number of aliphatic carboxylic acids is 1. The summed E-state index contributed by atoms with van der Waals surface area (Å²) in [6.07, 6.45) is 6.85. The summed E-state index contributed by atoms with van der Waals surface area (Å²) in [6, 6.07) is 2.31. The van der Waals surface area contributed by atoms with Crippen LogP contribution in [-0.2, 0) is 4.79 Å². The second-order valence-corrected chi connectivity index (χ2v) is 8.92. The number of carbonyl (C=O) groups is 1. The molecule has 0 saturated heterocycles. The lowest BCUT2D eigenvalue weighted by Gasteiger charge is -2.64. The zero-order valence-corrected chi connectivity index (χ0v) is 15.0. The van der Waals surface area contributed by atoms with E-state index in [9.17, 15) is 20.3 Å². The van der Waals surface area contributed by atoms with Gasteiger partial charge in [-0.2, -0.15) is 5.26 Å². The maximum Gasteiger partial charge on any atom is 0.309 e. The van der Waals surface area contributed by atoms with E-state index < -0.39 is 22.9 Å². The van der Waals surface area contributed by atoms with Crippen LogP contribution in [0.25, 0.3) is 0 Å². The normalized spacial score (nSPS) is 47.8. The van der Waals surface area contributed by atoms with Crippen molar-refractivity contribution >= 4 is 5.97 Å². The van der Waals surface area contributed by atoms with Gasteiger partial charge in [-0.3, -0.25) is 4.79 Å². The molecular weight excluding hydrogens is 302 g/mol. The summed E-state index contributed by atoms with van der Waals surface area (Å²) in [5.41, 5.74) is -0.153. The van der Waals surface area contributed by atoms with Crippen LogP contribution in [0, 0.1) is 39.4 Å². The highest BCUT2D eigenvalue weighted by atomic mass is 16.4. The highest BCUT2D eigenvalue weighted by Crippen LogP contribution is 2.67. The van der Waals surface area contributed by atoms with E-state index in [4.69, 9.17) is 0 Å². The summed E-state index contributed by atoms with van der Waals surface area (Å²) in [6.45, 7) is 6.18. The molecule has 3 aliphatic carbocycles. The van der Waals surface area contributed by atoms with E-state index in [1.807, 2.05) is 6.92 Å². The molecule has 2 N–H and O–H groups in total. The molecular formula is C20H29NO3. The molecule has 3 rings (SSSR count). The summed E-state index contributed by atoms with van der Waals surface area (Å²) < 4.78 is 0. The van der Waals surface area contributed by atoms with Crippen LogP contribution in [0.4, 0.5) is 0 Å². The Hall–Kier alpha value is -1.34. The average molecular weight is 331 g/mol. The Kier molecular flexibility index (Phi) is 4.07. The van der Waals surface area contributed by atoms with Crippen molar-refractivity contribution in [1.82, 2.24) is 0 Å². The first-order valence-corrected chi connectivity index (χ1v) is 9.17. The number of carboxylic acids is 1. The number of fused-ring (bicyclic) bond motifs is 3. The average Bonchev–Trinajstić information content (AvgIpc) is 2.50. The van der Waals surface area contributed by atoms with Gasteiger partial charge in [-0.05, 0) is 63.2 Å². The van der Waals surface area contributed by atoms with Crippen LogP contribution in [0.15, 0.2) is 11.6 Å². The van der Waals surface area contributed by atoms with Gasteiger partial charge in [0.05, 0.1) is 17.6 Å². The molecule has 24 heavy (non-hydrogen) atoms. The summed E-state index contributed by atoms with van der Waals surface area (Å²) in [7, 11) is 0. The van der Waals surface area contributed by atoms with Gasteiger partial charge in [0, 0.05) is 11.8 Å². The molecule has 4 heteroatoms. The van der Waals surface area contributed by atoms with Gasteiger partial charge in [0.15, 0.2) is 0 Å². The number of nitrogens with zero attached hydrogens (tertiary/aromatic N) is 1. The molecule has 132 valence electrons. The van der Waals surface area contributed by atoms with Crippen LogP contribution in [0.5, 0.6) is 0 Å². The Morgan fingerprint density at radius 3 is 2.71 bits per heavy atom. The first-order valence-electron chi connectivity index (χ1n) is 9.17. The third kappa shape index (κ3) is 2.17. The number of aliphatic hydroxyl groups is 1. The zero-order chi connectivity index (χ0) is 17.8. The second-order valence-electron chi connectivity index (χ2n) is 8.92. The van der Waals surface area contributed by atoms with Crippen molar-refractivity contribution in [2.45, 2.75) is 71.8 Å². The first-order chi connectivity index (χ1) is 11.2. The fourth-order valence-electron chi connectivity index (χ4n) is 6.53. The van der Waals surface area contributed by atoms with E-state index >= 15 is 0 Å². The van der Waals surface area contributed by atoms with Gasteiger partial charge >= 0.3 is 5.97 Å². The monoisotopic (exact) mass is 331 g/mol. The third-order valence-corrected chi connectivity index (χ3v) is 7.72. The summed E-state index contributed by atoms with van der Waals surface area (Å²) in [5.74, 6) is -0.586. The molecule has 2 saturated carbocycles. The van der Waals surface area contributed by atoms with E-state index in [-0.39, 0.29) is 17.3 Å². The van der Waals surface area contributed by atoms with Gasteiger partial charge in [-0.25, -0.2) is 0 Å². The fraction of sp³-hybridized carbons (Fsp3) is 0.800. The second kappa shape index (κ2) is 5.59. The van der Waals surface area contributed by atoms with Gasteiger partial charge < -0.3 is 10.2 Å². The molecule has 3 aliphatic rings. The Morgan fingerprint density at radius 1 is 1.38 bits per heavy atom. The van der Waals surface area contributed by atoms with Crippen LogP contribution in [-0.4, -0.2) is 22.3 Å². The largest absolute Gasteiger partial charge is 0.481 e. The van der Waals surface area contributed by atoms with Crippen LogP contribution in [0.2, 0.25) is 0 Å². The molecule has 0 aliphatic heterocycles. The molecule has 0 radical (unpaired) electrons. The Balaban J connectivity index is 2.12. The van der Waals surface area contributed by atoms with Crippen molar-refractivity contribution < 1.29 is 15.0 Å². The van der Waals surface area contributed by atoms with Crippen molar-refractivity contribution in [3.8, 4) is 6.07 Å².